The Kier molecular flexibility index (Phi) is 4.41. The topological polar surface area (TPSA) is 36.4 Å². The molecule has 1 fully saturated rings. The predicted octanol–water partition coefficient (Wildman–Crippen LogP) is 2.64. The summed E-state index contributed by atoms with van der Waals surface area (Å²) in [7, 11) is 0. The highest BCUT2D eigenvalue weighted by Crippen LogP contribution is 2.27. The molecule has 1 atom stereocenters. The Morgan fingerprint density at radius 1 is 1.50 bits per heavy atom. The fourth-order valence-electron chi connectivity index (χ4n) is 2.43. The van der Waals surface area contributed by atoms with Crippen LogP contribution in [0.5, 0.6) is 0 Å². The van der Waals surface area contributed by atoms with Crippen LogP contribution in [0.1, 0.15) is 44.3 Å². The van der Waals surface area contributed by atoms with Crippen molar-refractivity contribution < 1.29 is 5.11 Å². The Hall–Kier alpha value is -0.450. The maximum Gasteiger partial charge on any atom is 0.0982 e. The summed E-state index contributed by atoms with van der Waals surface area (Å²) >= 11 is 1.77. The number of rotatable bonds is 4. The molecule has 1 aromatic rings. The summed E-state index contributed by atoms with van der Waals surface area (Å²) < 4.78 is 0. The number of hydrogen-bond acceptors (Lipinski definition) is 4. The van der Waals surface area contributed by atoms with Gasteiger partial charge in [-0.15, -0.1) is 11.3 Å². The zero-order valence-corrected chi connectivity index (χ0v) is 12.5. The maximum absolute atomic E-state index is 8.97. The first kappa shape index (κ1) is 14.0. The summed E-state index contributed by atoms with van der Waals surface area (Å²) in [4.78, 5) is 7.20. The van der Waals surface area contributed by atoms with E-state index in [2.05, 4.69) is 31.1 Å². The minimum atomic E-state index is 0.160. The van der Waals surface area contributed by atoms with Crippen LogP contribution < -0.4 is 0 Å². The van der Waals surface area contributed by atoms with Crippen molar-refractivity contribution in [1.29, 1.82) is 0 Å². The van der Waals surface area contributed by atoms with Gasteiger partial charge in [0.1, 0.15) is 0 Å². The van der Waals surface area contributed by atoms with E-state index in [1.807, 2.05) is 0 Å². The predicted molar refractivity (Wildman–Crippen MR) is 75.9 cm³/mol. The van der Waals surface area contributed by atoms with E-state index in [0.29, 0.717) is 12.5 Å². The van der Waals surface area contributed by atoms with Crippen LogP contribution in [0.25, 0.3) is 0 Å². The van der Waals surface area contributed by atoms with E-state index in [-0.39, 0.29) is 5.41 Å². The Labute approximate surface area is 114 Å². The second kappa shape index (κ2) is 5.68. The van der Waals surface area contributed by atoms with Crippen LogP contribution in [0.4, 0.5) is 0 Å². The molecule has 0 saturated carbocycles. The second-order valence-corrected chi connectivity index (χ2v) is 7.15. The van der Waals surface area contributed by atoms with Gasteiger partial charge in [0.15, 0.2) is 0 Å². The molecule has 102 valence electrons. The van der Waals surface area contributed by atoms with Gasteiger partial charge in [-0.3, -0.25) is 4.90 Å². The van der Waals surface area contributed by atoms with Crippen LogP contribution in [0, 0.1) is 5.92 Å². The molecule has 1 N–H and O–H groups in total. The summed E-state index contributed by atoms with van der Waals surface area (Å²) in [6.07, 6.45) is 2.16. The maximum atomic E-state index is 8.97. The molecule has 1 saturated heterocycles. The van der Waals surface area contributed by atoms with Crippen LogP contribution in [0.3, 0.4) is 0 Å². The molecule has 4 heteroatoms. The highest BCUT2D eigenvalue weighted by molar-refractivity contribution is 7.09. The number of aromatic nitrogens is 1. The Bertz CT molecular complexity index is 383. The third-order valence-electron chi connectivity index (χ3n) is 3.49. The molecule has 0 spiro atoms. The average Bonchev–Trinajstić information content (AvgIpc) is 2.88. The Morgan fingerprint density at radius 2 is 2.28 bits per heavy atom. The highest BCUT2D eigenvalue weighted by atomic mass is 32.1. The van der Waals surface area contributed by atoms with Crippen molar-refractivity contribution in [2.45, 2.75) is 45.6 Å². The van der Waals surface area contributed by atoms with Gasteiger partial charge in [0.25, 0.3) is 0 Å². The highest BCUT2D eigenvalue weighted by Gasteiger charge is 2.23. The lowest BCUT2D eigenvalue weighted by atomic mass is 9.98. The van der Waals surface area contributed by atoms with Gasteiger partial charge in [-0.2, -0.15) is 0 Å². The molecular formula is C14H24N2OS. The van der Waals surface area contributed by atoms with Crippen LogP contribution in [0.2, 0.25) is 0 Å². The van der Waals surface area contributed by atoms with Gasteiger partial charge in [0, 0.05) is 30.5 Å². The quantitative estimate of drug-likeness (QED) is 0.912. The zero-order valence-electron chi connectivity index (χ0n) is 11.6. The van der Waals surface area contributed by atoms with Crippen LogP contribution in [-0.2, 0) is 12.0 Å². The molecule has 0 aromatic carbocycles. The Morgan fingerprint density at radius 3 is 2.89 bits per heavy atom. The fraction of sp³-hybridized carbons (Fsp3) is 0.786. The van der Waals surface area contributed by atoms with E-state index in [1.165, 1.54) is 17.1 Å². The molecule has 18 heavy (non-hydrogen) atoms. The van der Waals surface area contributed by atoms with E-state index in [9.17, 15) is 0 Å². The first-order valence-electron chi connectivity index (χ1n) is 6.77. The first-order chi connectivity index (χ1) is 8.49. The van der Waals surface area contributed by atoms with Crippen LogP contribution in [0.15, 0.2) is 5.38 Å². The molecule has 0 aliphatic carbocycles. The van der Waals surface area contributed by atoms with Gasteiger partial charge < -0.3 is 5.11 Å². The number of likely N-dealkylation sites (tertiary alicyclic amines) is 1. The second-order valence-electron chi connectivity index (χ2n) is 6.30. The lowest BCUT2D eigenvalue weighted by Crippen LogP contribution is -2.21. The molecule has 2 heterocycles. The van der Waals surface area contributed by atoms with Crippen molar-refractivity contribution >= 4 is 11.3 Å². The molecule has 0 radical (unpaired) electrons. The number of nitrogens with zero attached hydrogens (tertiary/aromatic N) is 2. The SMILES string of the molecule is CC(C)(C)c1nc(CN2CCC(CCO)C2)cs1. The van der Waals surface area contributed by atoms with Gasteiger partial charge in [-0.25, -0.2) is 4.98 Å². The molecule has 1 aliphatic heterocycles. The van der Waals surface area contributed by atoms with Crippen molar-refractivity contribution in [3.05, 3.63) is 16.1 Å². The summed E-state index contributed by atoms with van der Waals surface area (Å²) in [5.41, 5.74) is 1.36. The van der Waals surface area contributed by atoms with Crippen molar-refractivity contribution in [1.82, 2.24) is 9.88 Å². The minimum Gasteiger partial charge on any atom is -0.396 e. The molecule has 0 amide bonds. The number of thiazole rings is 1. The number of aliphatic hydroxyl groups excluding tert-OH is 1. The van der Waals surface area contributed by atoms with Gasteiger partial charge in [0.2, 0.25) is 0 Å². The number of hydrogen-bond donors (Lipinski definition) is 1. The van der Waals surface area contributed by atoms with E-state index in [0.717, 1.165) is 26.1 Å². The van der Waals surface area contributed by atoms with Crippen LogP contribution in [-0.4, -0.2) is 34.7 Å². The van der Waals surface area contributed by atoms with E-state index < -0.39 is 0 Å². The molecule has 3 nitrogen and oxygen atoms in total. The molecule has 1 unspecified atom stereocenters. The van der Waals surface area contributed by atoms with E-state index >= 15 is 0 Å². The third-order valence-corrected chi connectivity index (χ3v) is 4.80. The summed E-state index contributed by atoms with van der Waals surface area (Å²) in [5, 5.41) is 12.4. The normalized spacial score (nSPS) is 21.7. The molecular weight excluding hydrogens is 244 g/mol. The van der Waals surface area contributed by atoms with E-state index in [4.69, 9.17) is 10.1 Å². The number of aliphatic hydroxyl groups is 1. The first-order valence-corrected chi connectivity index (χ1v) is 7.65. The standard InChI is InChI=1S/C14H24N2OS/c1-14(2,3)13-15-12(10-18-13)9-16-6-4-11(8-16)5-7-17/h10-11,17H,4-9H2,1-3H3. The van der Waals surface area contributed by atoms with Gasteiger partial charge in [0.05, 0.1) is 10.7 Å². The molecule has 0 bridgehead atoms. The molecule has 1 aliphatic rings. The van der Waals surface area contributed by atoms with Gasteiger partial charge in [-0.05, 0) is 25.3 Å². The summed E-state index contributed by atoms with van der Waals surface area (Å²) in [6, 6.07) is 0. The monoisotopic (exact) mass is 268 g/mol. The lowest BCUT2D eigenvalue weighted by Gasteiger charge is -2.15. The van der Waals surface area contributed by atoms with Crippen molar-refractivity contribution in [3.63, 3.8) is 0 Å². The summed E-state index contributed by atoms with van der Waals surface area (Å²) in [5.74, 6) is 0.677. The zero-order chi connectivity index (χ0) is 13.2. The molecule has 1 aromatic heterocycles. The Balaban J connectivity index is 1.89. The van der Waals surface area contributed by atoms with Gasteiger partial charge >= 0.3 is 0 Å². The third kappa shape index (κ3) is 3.53. The van der Waals surface area contributed by atoms with Crippen molar-refractivity contribution in [2.75, 3.05) is 19.7 Å². The molecule has 2 rings (SSSR count). The smallest absolute Gasteiger partial charge is 0.0982 e. The average molecular weight is 268 g/mol. The van der Waals surface area contributed by atoms with Gasteiger partial charge in [-0.1, -0.05) is 20.8 Å². The lowest BCUT2D eigenvalue weighted by molar-refractivity contribution is 0.249. The van der Waals surface area contributed by atoms with Crippen molar-refractivity contribution in [3.8, 4) is 0 Å². The van der Waals surface area contributed by atoms with Crippen molar-refractivity contribution in [2.24, 2.45) is 5.92 Å². The fourth-order valence-corrected chi connectivity index (χ4v) is 3.33. The summed E-state index contributed by atoms with van der Waals surface area (Å²) in [6.45, 7) is 10.2. The largest absolute Gasteiger partial charge is 0.396 e. The van der Waals surface area contributed by atoms with Crippen LogP contribution >= 0.6 is 11.3 Å². The van der Waals surface area contributed by atoms with E-state index in [1.54, 1.807) is 11.3 Å². The minimum absolute atomic E-state index is 0.160.